The molecule has 120 valence electrons. The Morgan fingerprint density at radius 2 is 1.43 bits per heavy atom. The van der Waals surface area contributed by atoms with Gasteiger partial charge in [-0.25, -0.2) is 0 Å². The van der Waals surface area contributed by atoms with Gasteiger partial charge < -0.3 is 4.90 Å². The monoisotopic (exact) mass is 291 g/mol. The molecule has 21 heavy (non-hydrogen) atoms. The molecule has 0 bridgehead atoms. The van der Waals surface area contributed by atoms with Gasteiger partial charge in [-0.1, -0.05) is 6.92 Å². The summed E-state index contributed by atoms with van der Waals surface area (Å²) in [4.78, 5) is 8.07. The molecule has 1 saturated carbocycles. The third kappa shape index (κ3) is 2.77. The Balaban J connectivity index is 1.20. The molecule has 0 amide bonds. The number of likely N-dealkylation sites (tertiary alicyclic amines) is 3. The van der Waals surface area contributed by atoms with Crippen LogP contribution < -0.4 is 0 Å². The average Bonchev–Trinajstić information content (AvgIpc) is 2.40. The fourth-order valence-electron chi connectivity index (χ4n) is 5.57. The lowest BCUT2D eigenvalue weighted by molar-refractivity contribution is -0.0617. The highest BCUT2D eigenvalue weighted by Gasteiger charge is 2.46. The predicted octanol–water partition coefficient (Wildman–Crippen LogP) is 2.28. The van der Waals surface area contributed by atoms with E-state index in [-0.39, 0.29) is 0 Å². The lowest BCUT2D eigenvalue weighted by Crippen LogP contribution is -2.65. The first-order chi connectivity index (χ1) is 10.1. The van der Waals surface area contributed by atoms with E-state index in [9.17, 15) is 0 Å². The summed E-state index contributed by atoms with van der Waals surface area (Å²) >= 11 is 0. The Morgan fingerprint density at radius 1 is 0.810 bits per heavy atom. The van der Waals surface area contributed by atoms with Crippen molar-refractivity contribution in [3.8, 4) is 0 Å². The minimum absolute atomic E-state index is 0.785. The predicted molar refractivity (Wildman–Crippen MR) is 87.5 cm³/mol. The molecule has 3 saturated heterocycles. The van der Waals surface area contributed by atoms with Crippen LogP contribution in [0.2, 0.25) is 0 Å². The lowest BCUT2D eigenvalue weighted by Gasteiger charge is -2.56. The van der Waals surface area contributed by atoms with E-state index in [0.717, 1.165) is 23.4 Å². The van der Waals surface area contributed by atoms with Crippen molar-refractivity contribution in [1.29, 1.82) is 0 Å². The molecule has 0 radical (unpaired) electrons. The Bertz CT molecular complexity index is 353. The van der Waals surface area contributed by atoms with Crippen molar-refractivity contribution in [2.45, 2.75) is 57.5 Å². The molecule has 1 spiro atoms. The van der Waals surface area contributed by atoms with Crippen LogP contribution in [0.25, 0.3) is 0 Å². The molecule has 3 heteroatoms. The van der Waals surface area contributed by atoms with Crippen LogP contribution in [-0.4, -0.2) is 73.1 Å². The van der Waals surface area contributed by atoms with Crippen molar-refractivity contribution < 1.29 is 0 Å². The third-order valence-corrected chi connectivity index (χ3v) is 7.03. The molecular weight excluding hydrogens is 258 g/mol. The van der Waals surface area contributed by atoms with Crippen molar-refractivity contribution in [3.63, 3.8) is 0 Å². The molecular formula is C18H33N3. The van der Waals surface area contributed by atoms with Gasteiger partial charge in [0.1, 0.15) is 0 Å². The van der Waals surface area contributed by atoms with E-state index in [1.807, 2.05) is 0 Å². The minimum atomic E-state index is 0.785. The van der Waals surface area contributed by atoms with Crippen molar-refractivity contribution in [2.75, 3.05) is 46.3 Å². The fourth-order valence-corrected chi connectivity index (χ4v) is 5.57. The number of piperidine rings is 2. The summed E-state index contributed by atoms with van der Waals surface area (Å²) in [6, 6.07) is 1.78. The molecule has 4 rings (SSSR count). The molecule has 0 atom stereocenters. The zero-order valence-electron chi connectivity index (χ0n) is 14.1. The van der Waals surface area contributed by atoms with E-state index < -0.39 is 0 Å². The van der Waals surface area contributed by atoms with Gasteiger partial charge in [-0.3, -0.25) is 9.80 Å². The van der Waals surface area contributed by atoms with Gasteiger partial charge in [0.25, 0.3) is 0 Å². The van der Waals surface area contributed by atoms with Crippen molar-refractivity contribution in [1.82, 2.24) is 14.7 Å². The fraction of sp³-hybridized carbons (Fsp3) is 1.00. The zero-order chi connectivity index (χ0) is 14.4. The number of rotatable bonds is 2. The number of hydrogen-bond donors (Lipinski definition) is 0. The number of nitrogens with zero attached hydrogens (tertiary/aromatic N) is 3. The maximum atomic E-state index is 2.82. The van der Waals surface area contributed by atoms with Gasteiger partial charge in [0.2, 0.25) is 0 Å². The van der Waals surface area contributed by atoms with E-state index in [1.165, 1.54) is 77.8 Å². The van der Waals surface area contributed by atoms with Crippen LogP contribution in [0.15, 0.2) is 0 Å². The molecule has 4 aliphatic rings. The molecule has 3 heterocycles. The Kier molecular flexibility index (Phi) is 3.79. The van der Waals surface area contributed by atoms with Crippen LogP contribution in [-0.2, 0) is 0 Å². The Labute approximate surface area is 130 Å². The highest BCUT2D eigenvalue weighted by Crippen LogP contribution is 2.52. The normalized spacial score (nSPS) is 34.0. The third-order valence-electron chi connectivity index (χ3n) is 7.03. The first-order valence-corrected chi connectivity index (χ1v) is 9.30. The highest BCUT2D eigenvalue weighted by atomic mass is 15.3. The summed E-state index contributed by atoms with van der Waals surface area (Å²) < 4.78 is 0. The topological polar surface area (TPSA) is 9.72 Å². The summed E-state index contributed by atoms with van der Waals surface area (Å²) in [7, 11) is 2.26. The maximum Gasteiger partial charge on any atom is 0.0350 e. The minimum Gasteiger partial charge on any atom is -0.306 e. The van der Waals surface area contributed by atoms with Crippen molar-refractivity contribution in [2.24, 2.45) is 11.3 Å². The molecule has 4 fully saturated rings. The van der Waals surface area contributed by atoms with E-state index >= 15 is 0 Å². The van der Waals surface area contributed by atoms with Gasteiger partial charge >= 0.3 is 0 Å². The van der Waals surface area contributed by atoms with Crippen LogP contribution in [0.1, 0.15) is 45.4 Å². The standard InChI is InChI=1S/C18H33N3/c1-15-11-18(12-15)5-9-20(10-6-18)17-13-21(14-17)16-3-7-19(2)8-4-16/h15-17H,3-14H2,1-2H3. The largest absolute Gasteiger partial charge is 0.306 e. The van der Waals surface area contributed by atoms with Crippen LogP contribution in [0, 0.1) is 11.3 Å². The van der Waals surface area contributed by atoms with Crippen molar-refractivity contribution >= 4 is 0 Å². The van der Waals surface area contributed by atoms with Gasteiger partial charge in [-0.05, 0) is 83.1 Å². The van der Waals surface area contributed by atoms with E-state index in [1.54, 1.807) is 0 Å². The van der Waals surface area contributed by atoms with Gasteiger partial charge in [-0.2, -0.15) is 0 Å². The molecule has 3 aliphatic heterocycles. The second kappa shape index (κ2) is 5.50. The molecule has 0 aromatic carbocycles. The summed E-state index contributed by atoms with van der Waals surface area (Å²) in [6.45, 7) is 10.5. The van der Waals surface area contributed by atoms with Crippen LogP contribution >= 0.6 is 0 Å². The summed E-state index contributed by atoms with van der Waals surface area (Å²) in [5.74, 6) is 1.01. The summed E-state index contributed by atoms with van der Waals surface area (Å²) in [5.41, 5.74) is 0.785. The van der Waals surface area contributed by atoms with Crippen molar-refractivity contribution in [3.05, 3.63) is 0 Å². The Hall–Kier alpha value is -0.120. The molecule has 1 aliphatic carbocycles. The van der Waals surface area contributed by atoms with E-state index in [2.05, 4.69) is 28.7 Å². The van der Waals surface area contributed by atoms with E-state index in [0.29, 0.717) is 0 Å². The van der Waals surface area contributed by atoms with Gasteiger partial charge in [-0.15, -0.1) is 0 Å². The zero-order valence-corrected chi connectivity index (χ0v) is 14.1. The second-order valence-electron chi connectivity index (χ2n) is 8.69. The van der Waals surface area contributed by atoms with Crippen LogP contribution in [0.5, 0.6) is 0 Å². The molecule has 0 unspecified atom stereocenters. The first kappa shape index (κ1) is 14.5. The molecule has 0 N–H and O–H groups in total. The summed E-state index contributed by atoms with van der Waals surface area (Å²) in [6.07, 6.45) is 8.80. The SMILES string of the molecule is CC1CC2(CCN(C3CN(C4CCN(C)CC4)C3)CC2)C1. The van der Waals surface area contributed by atoms with Gasteiger partial charge in [0.15, 0.2) is 0 Å². The number of hydrogen-bond acceptors (Lipinski definition) is 3. The smallest absolute Gasteiger partial charge is 0.0350 e. The van der Waals surface area contributed by atoms with Gasteiger partial charge in [0.05, 0.1) is 0 Å². The maximum absolute atomic E-state index is 2.82. The molecule has 0 aromatic rings. The first-order valence-electron chi connectivity index (χ1n) is 9.30. The van der Waals surface area contributed by atoms with E-state index in [4.69, 9.17) is 0 Å². The highest BCUT2D eigenvalue weighted by molar-refractivity contribution is 4.99. The molecule has 0 aromatic heterocycles. The second-order valence-corrected chi connectivity index (χ2v) is 8.69. The Morgan fingerprint density at radius 3 is 2.00 bits per heavy atom. The summed E-state index contributed by atoms with van der Waals surface area (Å²) in [5, 5.41) is 0. The average molecular weight is 291 g/mol. The lowest BCUT2D eigenvalue weighted by atomic mass is 9.58. The van der Waals surface area contributed by atoms with Crippen LogP contribution in [0.3, 0.4) is 0 Å². The quantitative estimate of drug-likeness (QED) is 0.773. The van der Waals surface area contributed by atoms with Gasteiger partial charge in [0, 0.05) is 25.2 Å². The van der Waals surface area contributed by atoms with Crippen LogP contribution in [0.4, 0.5) is 0 Å². The molecule has 3 nitrogen and oxygen atoms in total.